The summed E-state index contributed by atoms with van der Waals surface area (Å²) in [5.41, 5.74) is 1.79. The maximum Gasteiger partial charge on any atom is 0.329 e. The second-order valence-electron chi connectivity index (χ2n) is 8.87. The quantitative estimate of drug-likeness (QED) is 0.332. The first-order valence-electron chi connectivity index (χ1n) is 11.6. The van der Waals surface area contributed by atoms with Crippen LogP contribution in [0.5, 0.6) is 11.5 Å². The van der Waals surface area contributed by atoms with Gasteiger partial charge in [0.25, 0.3) is 11.5 Å². The number of carbonyl (C=O) groups excluding carboxylic acids is 1. The van der Waals surface area contributed by atoms with E-state index in [2.05, 4.69) is 30.5 Å². The molecule has 0 spiro atoms. The Kier molecular flexibility index (Phi) is 5.30. The first-order valence-corrected chi connectivity index (χ1v) is 11.6. The van der Waals surface area contributed by atoms with Gasteiger partial charge in [0.1, 0.15) is 5.82 Å². The van der Waals surface area contributed by atoms with E-state index >= 15 is 0 Å². The lowest BCUT2D eigenvalue weighted by Gasteiger charge is -2.13. The summed E-state index contributed by atoms with van der Waals surface area (Å²) in [6.45, 7) is 3.75. The molecule has 190 valence electrons. The number of nitrogens with zero attached hydrogens (tertiary/aromatic N) is 4. The summed E-state index contributed by atoms with van der Waals surface area (Å²) in [6, 6.07) is 12.2. The SMILES string of the molecule is Cc1nc(-c2ccc(C)c(NC(=O)c3cc(-c4ccc5c(c4)OCO5)nc4c3c(=O)[nH]c(=O)n4C)c2)n[nH]1. The highest BCUT2D eigenvalue weighted by Gasteiger charge is 2.22. The maximum absolute atomic E-state index is 13.7. The number of fused-ring (bicyclic) bond motifs is 2. The second kappa shape index (κ2) is 8.69. The van der Waals surface area contributed by atoms with E-state index < -0.39 is 17.2 Å². The van der Waals surface area contributed by atoms with Crippen LogP contribution in [0.4, 0.5) is 5.69 Å². The minimum atomic E-state index is -0.709. The van der Waals surface area contributed by atoms with Gasteiger partial charge < -0.3 is 14.8 Å². The first kappa shape index (κ1) is 23.2. The molecule has 12 heteroatoms. The minimum absolute atomic E-state index is 0.00695. The number of carbonyl (C=O) groups is 1. The zero-order valence-electron chi connectivity index (χ0n) is 20.6. The molecule has 0 unspecified atom stereocenters. The molecule has 0 atom stereocenters. The molecule has 0 bridgehead atoms. The summed E-state index contributed by atoms with van der Waals surface area (Å²) in [6.07, 6.45) is 0. The van der Waals surface area contributed by atoms with E-state index in [9.17, 15) is 14.4 Å². The molecule has 0 radical (unpaired) electrons. The molecule has 1 aliphatic heterocycles. The fourth-order valence-electron chi connectivity index (χ4n) is 4.28. The molecule has 3 aromatic heterocycles. The molecule has 0 saturated heterocycles. The molecule has 38 heavy (non-hydrogen) atoms. The van der Waals surface area contributed by atoms with Crippen LogP contribution in [-0.2, 0) is 7.05 Å². The smallest absolute Gasteiger partial charge is 0.329 e. The fraction of sp³-hybridized carbons (Fsp3) is 0.154. The number of ether oxygens (including phenoxy) is 2. The van der Waals surface area contributed by atoms with E-state index in [1.165, 1.54) is 17.7 Å². The highest BCUT2D eigenvalue weighted by atomic mass is 16.7. The van der Waals surface area contributed by atoms with Crippen LogP contribution in [0.25, 0.3) is 33.7 Å². The van der Waals surface area contributed by atoms with Crippen LogP contribution < -0.4 is 26.0 Å². The minimum Gasteiger partial charge on any atom is -0.454 e. The van der Waals surface area contributed by atoms with Crippen molar-refractivity contribution in [2.75, 3.05) is 12.1 Å². The van der Waals surface area contributed by atoms with Gasteiger partial charge in [-0.05, 0) is 49.7 Å². The van der Waals surface area contributed by atoms with Crippen molar-refractivity contribution in [2.24, 2.45) is 7.05 Å². The van der Waals surface area contributed by atoms with Crippen LogP contribution in [0.15, 0.2) is 52.1 Å². The van der Waals surface area contributed by atoms with Gasteiger partial charge in [-0.3, -0.25) is 24.2 Å². The monoisotopic (exact) mass is 511 g/mol. The van der Waals surface area contributed by atoms with E-state index in [4.69, 9.17) is 9.47 Å². The Bertz CT molecular complexity index is 1890. The number of nitrogens with one attached hydrogen (secondary N) is 3. The number of H-pyrrole nitrogens is 2. The molecular weight excluding hydrogens is 490 g/mol. The molecule has 1 amide bonds. The lowest BCUT2D eigenvalue weighted by Crippen LogP contribution is -2.30. The lowest BCUT2D eigenvalue weighted by atomic mass is 10.0. The van der Waals surface area contributed by atoms with Crippen molar-refractivity contribution in [1.29, 1.82) is 0 Å². The third-order valence-corrected chi connectivity index (χ3v) is 6.32. The van der Waals surface area contributed by atoms with Crippen molar-refractivity contribution < 1.29 is 14.3 Å². The van der Waals surface area contributed by atoms with Gasteiger partial charge in [-0.2, -0.15) is 5.10 Å². The number of aromatic nitrogens is 6. The number of aryl methyl sites for hydroxylation is 3. The van der Waals surface area contributed by atoms with Gasteiger partial charge in [-0.15, -0.1) is 0 Å². The van der Waals surface area contributed by atoms with Crippen molar-refractivity contribution >= 4 is 22.6 Å². The number of anilines is 1. The van der Waals surface area contributed by atoms with Crippen LogP contribution in [0.3, 0.4) is 0 Å². The van der Waals surface area contributed by atoms with Gasteiger partial charge in [-0.1, -0.05) is 12.1 Å². The van der Waals surface area contributed by atoms with E-state index in [0.29, 0.717) is 45.7 Å². The largest absolute Gasteiger partial charge is 0.454 e. The third kappa shape index (κ3) is 3.88. The molecule has 12 nitrogen and oxygen atoms in total. The normalized spacial score (nSPS) is 12.2. The topological polar surface area (TPSA) is 157 Å². The zero-order valence-corrected chi connectivity index (χ0v) is 20.6. The van der Waals surface area contributed by atoms with Crippen molar-refractivity contribution in [2.45, 2.75) is 13.8 Å². The predicted molar refractivity (Wildman–Crippen MR) is 138 cm³/mol. The lowest BCUT2D eigenvalue weighted by molar-refractivity contribution is 0.102. The van der Waals surface area contributed by atoms with Gasteiger partial charge in [0, 0.05) is 23.9 Å². The average molecular weight is 511 g/mol. The van der Waals surface area contributed by atoms with Gasteiger partial charge in [0.05, 0.1) is 16.6 Å². The number of hydrogen-bond acceptors (Lipinski definition) is 8. The average Bonchev–Trinajstić information content (AvgIpc) is 3.56. The Hall–Kier alpha value is -5.26. The van der Waals surface area contributed by atoms with Crippen molar-refractivity contribution in [3.05, 3.63) is 80.3 Å². The Morgan fingerprint density at radius 1 is 1.00 bits per heavy atom. The number of rotatable bonds is 4. The highest BCUT2D eigenvalue weighted by molar-refractivity contribution is 6.12. The van der Waals surface area contributed by atoms with Gasteiger partial charge in [-0.25, -0.2) is 14.8 Å². The molecule has 0 aliphatic carbocycles. The van der Waals surface area contributed by atoms with Crippen LogP contribution >= 0.6 is 0 Å². The molecule has 5 aromatic rings. The van der Waals surface area contributed by atoms with Crippen LogP contribution in [0.1, 0.15) is 21.7 Å². The molecule has 1 aliphatic rings. The summed E-state index contributed by atoms with van der Waals surface area (Å²) in [5, 5.41) is 9.88. The van der Waals surface area contributed by atoms with Crippen LogP contribution in [0.2, 0.25) is 0 Å². The standard InChI is InChI=1S/C26H21N7O5/c1-12-4-5-15(22-27-13(2)31-32-22)8-17(12)29-24(34)16-10-18(14-6-7-19-20(9-14)38-11-37-19)28-23-21(16)25(35)30-26(36)33(23)3/h4-10H,11H2,1-3H3,(H,29,34)(H,27,31,32)(H,30,35,36). The van der Waals surface area contributed by atoms with Crippen LogP contribution in [-0.4, -0.2) is 42.4 Å². The fourth-order valence-corrected chi connectivity index (χ4v) is 4.28. The Morgan fingerprint density at radius 3 is 2.58 bits per heavy atom. The van der Waals surface area contributed by atoms with E-state index in [-0.39, 0.29) is 23.4 Å². The molecule has 4 heterocycles. The number of hydrogen-bond donors (Lipinski definition) is 3. The summed E-state index contributed by atoms with van der Waals surface area (Å²) in [5.74, 6) is 1.73. The Labute approximate surface area is 214 Å². The molecule has 2 aromatic carbocycles. The van der Waals surface area contributed by atoms with E-state index in [0.717, 1.165) is 5.56 Å². The van der Waals surface area contributed by atoms with Crippen molar-refractivity contribution in [3.8, 4) is 34.1 Å². The zero-order chi connectivity index (χ0) is 26.6. The molecule has 6 rings (SSSR count). The summed E-state index contributed by atoms with van der Waals surface area (Å²) < 4.78 is 12.1. The van der Waals surface area contributed by atoms with Crippen molar-refractivity contribution in [1.82, 2.24) is 29.7 Å². The number of benzene rings is 2. The van der Waals surface area contributed by atoms with E-state index in [1.807, 2.05) is 19.1 Å². The number of amides is 1. The Balaban J connectivity index is 1.49. The first-order chi connectivity index (χ1) is 18.3. The van der Waals surface area contributed by atoms with Gasteiger partial charge in [0.15, 0.2) is 23.0 Å². The maximum atomic E-state index is 13.7. The second-order valence-corrected chi connectivity index (χ2v) is 8.87. The molecule has 0 saturated carbocycles. The molecular formula is C26H21N7O5. The predicted octanol–water partition coefficient (Wildman–Crippen LogP) is 2.67. The number of aromatic amines is 2. The summed E-state index contributed by atoms with van der Waals surface area (Å²) in [4.78, 5) is 50.1. The van der Waals surface area contributed by atoms with Gasteiger partial charge in [0.2, 0.25) is 6.79 Å². The Morgan fingerprint density at radius 2 is 1.79 bits per heavy atom. The highest BCUT2D eigenvalue weighted by Crippen LogP contribution is 2.36. The number of pyridine rings is 1. The van der Waals surface area contributed by atoms with Crippen LogP contribution in [0, 0.1) is 13.8 Å². The summed E-state index contributed by atoms with van der Waals surface area (Å²) in [7, 11) is 1.48. The molecule has 0 fully saturated rings. The molecule has 3 N–H and O–H groups in total. The van der Waals surface area contributed by atoms with Crippen molar-refractivity contribution in [3.63, 3.8) is 0 Å². The summed E-state index contributed by atoms with van der Waals surface area (Å²) >= 11 is 0. The van der Waals surface area contributed by atoms with E-state index in [1.54, 1.807) is 31.2 Å². The van der Waals surface area contributed by atoms with Gasteiger partial charge >= 0.3 is 5.69 Å². The third-order valence-electron chi connectivity index (χ3n) is 6.32.